The first-order chi connectivity index (χ1) is 18.8. The molecule has 0 fully saturated rings. The number of nitrogens with zero attached hydrogens (tertiary/aromatic N) is 1. The molecule has 0 aliphatic carbocycles. The van der Waals surface area contributed by atoms with Gasteiger partial charge in [0.2, 0.25) is 0 Å². The standard InChI is InChI=1S/C36H25NO/c1-3-12-26(13-4-1)27-14-9-18-30(24-27)37(29-16-5-2-6-17-29)31-19-10-15-28(25-31)32-21-11-22-34-33-20-7-8-23-35(33)38-36(32)34/h1-25H. The predicted octanol–water partition coefficient (Wildman–Crippen LogP) is 10.4. The van der Waals surface area contributed by atoms with Crippen LogP contribution in [0.3, 0.4) is 0 Å². The Labute approximate surface area is 222 Å². The minimum atomic E-state index is 0.912. The lowest BCUT2D eigenvalue weighted by molar-refractivity contribution is 0.670. The summed E-state index contributed by atoms with van der Waals surface area (Å²) in [4.78, 5) is 2.31. The van der Waals surface area contributed by atoms with Crippen molar-refractivity contribution in [3.05, 3.63) is 152 Å². The van der Waals surface area contributed by atoms with Crippen LogP contribution in [0.5, 0.6) is 0 Å². The fourth-order valence-corrected chi connectivity index (χ4v) is 5.27. The van der Waals surface area contributed by atoms with Crippen molar-refractivity contribution in [3.8, 4) is 22.3 Å². The lowest BCUT2D eigenvalue weighted by Crippen LogP contribution is -2.10. The molecule has 1 aromatic heterocycles. The number of para-hydroxylation sites is 3. The molecule has 1 heterocycles. The molecule has 6 aromatic carbocycles. The van der Waals surface area contributed by atoms with E-state index >= 15 is 0 Å². The molecule has 0 unspecified atom stereocenters. The van der Waals surface area contributed by atoms with Gasteiger partial charge in [-0.2, -0.15) is 0 Å². The van der Waals surface area contributed by atoms with Gasteiger partial charge in [-0.15, -0.1) is 0 Å². The first-order valence-electron chi connectivity index (χ1n) is 12.9. The lowest BCUT2D eigenvalue weighted by Gasteiger charge is -2.26. The number of anilines is 3. The molecule has 0 spiro atoms. The second kappa shape index (κ2) is 9.42. The molecule has 38 heavy (non-hydrogen) atoms. The summed E-state index contributed by atoms with van der Waals surface area (Å²) in [5.74, 6) is 0. The predicted molar refractivity (Wildman–Crippen MR) is 159 cm³/mol. The molecule has 0 saturated carbocycles. The second-order valence-corrected chi connectivity index (χ2v) is 9.42. The molecule has 0 atom stereocenters. The van der Waals surface area contributed by atoms with Crippen molar-refractivity contribution in [2.75, 3.05) is 4.90 Å². The van der Waals surface area contributed by atoms with Gasteiger partial charge in [0, 0.05) is 33.4 Å². The smallest absolute Gasteiger partial charge is 0.143 e. The Morgan fingerprint density at radius 2 is 0.947 bits per heavy atom. The topological polar surface area (TPSA) is 16.4 Å². The van der Waals surface area contributed by atoms with Gasteiger partial charge >= 0.3 is 0 Å². The van der Waals surface area contributed by atoms with Crippen LogP contribution in [0.15, 0.2) is 156 Å². The largest absolute Gasteiger partial charge is 0.455 e. The molecule has 0 aliphatic heterocycles. The molecule has 0 aliphatic rings. The van der Waals surface area contributed by atoms with Gasteiger partial charge in [0.15, 0.2) is 0 Å². The van der Waals surface area contributed by atoms with Gasteiger partial charge in [0.1, 0.15) is 11.2 Å². The summed E-state index contributed by atoms with van der Waals surface area (Å²) >= 11 is 0. The third-order valence-corrected chi connectivity index (χ3v) is 7.05. The van der Waals surface area contributed by atoms with Gasteiger partial charge in [-0.25, -0.2) is 0 Å². The summed E-state index contributed by atoms with van der Waals surface area (Å²) < 4.78 is 6.36. The maximum Gasteiger partial charge on any atom is 0.143 e. The van der Waals surface area contributed by atoms with E-state index in [1.807, 2.05) is 12.1 Å². The minimum Gasteiger partial charge on any atom is -0.455 e. The third-order valence-electron chi connectivity index (χ3n) is 7.05. The summed E-state index contributed by atoms with van der Waals surface area (Å²) in [6.45, 7) is 0. The van der Waals surface area contributed by atoms with E-state index in [0.29, 0.717) is 0 Å². The summed E-state index contributed by atoms with van der Waals surface area (Å²) in [6, 6.07) is 53.1. The molecule has 7 rings (SSSR count). The van der Waals surface area contributed by atoms with Crippen molar-refractivity contribution < 1.29 is 4.42 Å². The van der Waals surface area contributed by atoms with Crippen molar-refractivity contribution in [1.82, 2.24) is 0 Å². The molecule has 0 bridgehead atoms. The average Bonchev–Trinajstić information content (AvgIpc) is 3.38. The minimum absolute atomic E-state index is 0.912. The summed E-state index contributed by atoms with van der Waals surface area (Å²) in [6.07, 6.45) is 0. The highest BCUT2D eigenvalue weighted by atomic mass is 16.3. The maximum absolute atomic E-state index is 6.36. The number of furan rings is 1. The van der Waals surface area contributed by atoms with Crippen LogP contribution in [0.4, 0.5) is 17.1 Å². The van der Waals surface area contributed by atoms with Crippen LogP contribution in [0, 0.1) is 0 Å². The number of hydrogen-bond donors (Lipinski definition) is 0. The van der Waals surface area contributed by atoms with E-state index in [4.69, 9.17) is 4.42 Å². The highest BCUT2D eigenvalue weighted by Crippen LogP contribution is 2.40. The number of fused-ring (bicyclic) bond motifs is 3. The zero-order chi connectivity index (χ0) is 25.3. The first-order valence-corrected chi connectivity index (χ1v) is 12.9. The lowest BCUT2D eigenvalue weighted by atomic mass is 10.0. The van der Waals surface area contributed by atoms with Gasteiger partial charge in [-0.3, -0.25) is 0 Å². The number of rotatable bonds is 5. The quantitative estimate of drug-likeness (QED) is 0.240. The Balaban J connectivity index is 1.39. The zero-order valence-corrected chi connectivity index (χ0v) is 20.8. The Morgan fingerprint density at radius 3 is 1.74 bits per heavy atom. The van der Waals surface area contributed by atoms with Crippen molar-refractivity contribution in [2.24, 2.45) is 0 Å². The van der Waals surface area contributed by atoms with Crippen LogP contribution in [-0.4, -0.2) is 0 Å². The van der Waals surface area contributed by atoms with Crippen LogP contribution in [-0.2, 0) is 0 Å². The van der Waals surface area contributed by atoms with E-state index in [-0.39, 0.29) is 0 Å². The fraction of sp³-hybridized carbons (Fsp3) is 0. The maximum atomic E-state index is 6.36. The van der Waals surface area contributed by atoms with Crippen molar-refractivity contribution in [2.45, 2.75) is 0 Å². The van der Waals surface area contributed by atoms with Crippen molar-refractivity contribution in [3.63, 3.8) is 0 Å². The van der Waals surface area contributed by atoms with Gasteiger partial charge in [-0.05, 0) is 59.2 Å². The molecule has 180 valence electrons. The monoisotopic (exact) mass is 487 g/mol. The van der Waals surface area contributed by atoms with Crippen molar-refractivity contribution >= 4 is 39.0 Å². The molecule has 7 aromatic rings. The van der Waals surface area contributed by atoms with Gasteiger partial charge in [0.25, 0.3) is 0 Å². The second-order valence-electron chi connectivity index (χ2n) is 9.42. The molecule has 2 heteroatoms. The summed E-state index contributed by atoms with van der Waals surface area (Å²) in [5, 5.41) is 2.28. The van der Waals surface area contributed by atoms with Crippen LogP contribution < -0.4 is 4.90 Å². The normalized spacial score (nSPS) is 11.2. The molecule has 0 saturated heterocycles. The Hall–Kier alpha value is -5.08. The number of benzene rings is 6. The number of hydrogen-bond acceptors (Lipinski definition) is 2. The first kappa shape index (κ1) is 22.1. The molecular formula is C36H25NO. The molecule has 0 amide bonds. The van der Waals surface area contributed by atoms with Crippen LogP contribution in [0.1, 0.15) is 0 Å². The highest BCUT2D eigenvalue weighted by molar-refractivity contribution is 6.09. The summed E-state index contributed by atoms with van der Waals surface area (Å²) in [5.41, 5.74) is 9.73. The third kappa shape index (κ3) is 3.93. The Bertz CT molecular complexity index is 1870. The van der Waals surface area contributed by atoms with E-state index in [2.05, 4.69) is 144 Å². The average molecular weight is 488 g/mol. The molecule has 0 radical (unpaired) electrons. The zero-order valence-electron chi connectivity index (χ0n) is 20.8. The van der Waals surface area contributed by atoms with E-state index < -0.39 is 0 Å². The van der Waals surface area contributed by atoms with Crippen LogP contribution in [0.2, 0.25) is 0 Å². The van der Waals surface area contributed by atoms with E-state index in [0.717, 1.165) is 50.1 Å². The molecule has 2 nitrogen and oxygen atoms in total. The van der Waals surface area contributed by atoms with Gasteiger partial charge in [-0.1, -0.05) is 109 Å². The van der Waals surface area contributed by atoms with E-state index in [1.165, 1.54) is 11.1 Å². The SMILES string of the molecule is c1ccc(-c2cccc(N(c3ccccc3)c3cccc(-c4cccc5c4oc4ccccc45)c3)c2)cc1. The van der Waals surface area contributed by atoms with Crippen LogP contribution >= 0.6 is 0 Å². The Kier molecular flexibility index (Phi) is 5.49. The molecular weight excluding hydrogens is 462 g/mol. The Morgan fingerprint density at radius 1 is 0.395 bits per heavy atom. The van der Waals surface area contributed by atoms with Crippen molar-refractivity contribution in [1.29, 1.82) is 0 Å². The van der Waals surface area contributed by atoms with Crippen LogP contribution in [0.25, 0.3) is 44.2 Å². The summed E-state index contributed by atoms with van der Waals surface area (Å²) in [7, 11) is 0. The fourth-order valence-electron chi connectivity index (χ4n) is 5.27. The van der Waals surface area contributed by atoms with E-state index in [1.54, 1.807) is 0 Å². The highest BCUT2D eigenvalue weighted by Gasteiger charge is 2.16. The van der Waals surface area contributed by atoms with Gasteiger partial charge < -0.3 is 9.32 Å². The van der Waals surface area contributed by atoms with Gasteiger partial charge in [0.05, 0.1) is 0 Å². The molecule has 0 N–H and O–H groups in total. The van der Waals surface area contributed by atoms with E-state index in [9.17, 15) is 0 Å².